The first-order valence-corrected chi connectivity index (χ1v) is 18.3. The van der Waals surface area contributed by atoms with E-state index >= 15 is 4.39 Å². The van der Waals surface area contributed by atoms with Crippen molar-refractivity contribution in [2.24, 2.45) is 5.41 Å². The van der Waals surface area contributed by atoms with Gasteiger partial charge in [-0.05, 0) is 75.3 Å². The highest BCUT2D eigenvalue weighted by atomic mass is 19.1. The summed E-state index contributed by atoms with van der Waals surface area (Å²) in [5.74, 6) is 0.700. The topological polar surface area (TPSA) is 112 Å². The van der Waals surface area contributed by atoms with Crippen molar-refractivity contribution in [1.82, 2.24) is 29.5 Å². The quantitative estimate of drug-likeness (QED) is 0.270. The smallest absolute Gasteiger partial charge is 0.318 e. The molecule has 2 aromatic heterocycles. The minimum Gasteiger partial charge on any atom is -0.508 e. The lowest BCUT2D eigenvalue weighted by molar-refractivity contribution is 0.0298. The fourth-order valence-electron chi connectivity index (χ4n) is 8.08. The minimum atomic E-state index is -0.239. The zero-order chi connectivity index (χ0) is 35.3. The number of anilines is 2. The summed E-state index contributed by atoms with van der Waals surface area (Å²) in [6, 6.07) is 8.96. The zero-order valence-electron chi connectivity index (χ0n) is 29.8. The maximum Gasteiger partial charge on any atom is 0.318 e. The summed E-state index contributed by atoms with van der Waals surface area (Å²) >= 11 is 0. The van der Waals surface area contributed by atoms with Gasteiger partial charge in [0.25, 0.3) is 5.91 Å². The van der Waals surface area contributed by atoms with E-state index in [4.69, 9.17) is 24.5 Å². The number of nitrogens with zero attached hydrogens (tertiary/aromatic N) is 8. The van der Waals surface area contributed by atoms with Crippen LogP contribution in [0.15, 0.2) is 30.3 Å². The van der Waals surface area contributed by atoms with Gasteiger partial charge in [0.2, 0.25) is 0 Å². The molecule has 0 spiro atoms. The normalized spacial score (nSPS) is 18.5. The first-order chi connectivity index (χ1) is 24.7. The number of benzene rings is 2. The molecule has 1 aliphatic carbocycles. The molecule has 51 heavy (non-hydrogen) atoms. The number of halogens is 1. The molecule has 2 aromatic carbocycles. The van der Waals surface area contributed by atoms with Crippen molar-refractivity contribution in [3.63, 3.8) is 0 Å². The summed E-state index contributed by atoms with van der Waals surface area (Å²) < 4.78 is 29.0. The Kier molecular flexibility index (Phi) is 8.95. The maximum atomic E-state index is 15.1. The third kappa shape index (κ3) is 6.69. The molecule has 4 aliphatic rings. The van der Waals surface area contributed by atoms with Gasteiger partial charge in [0.05, 0.1) is 44.3 Å². The predicted octanol–water partition coefficient (Wildman–Crippen LogP) is 4.40. The van der Waals surface area contributed by atoms with Crippen molar-refractivity contribution in [3.05, 3.63) is 64.4 Å². The summed E-state index contributed by atoms with van der Waals surface area (Å²) in [4.78, 5) is 32.0. The molecule has 0 atom stereocenters. The lowest BCUT2D eigenvalue weighted by Gasteiger charge is -2.34. The van der Waals surface area contributed by atoms with E-state index in [9.17, 15) is 9.90 Å². The Labute approximate surface area is 297 Å². The molecule has 0 radical (unpaired) electrons. The number of aryl methyl sites for hydroxylation is 2. The van der Waals surface area contributed by atoms with E-state index in [0.29, 0.717) is 89.2 Å². The molecule has 1 saturated heterocycles. The van der Waals surface area contributed by atoms with Gasteiger partial charge < -0.3 is 34.2 Å². The summed E-state index contributed by atoms with van der Waals surface area (Å²) in [5.41, 5.74) is 4.92. The highest BCUT2D eigenvalue weighted by Crippen LogP contribution is 2.46. The maximum absolute atomic E-state index is 15.1. The number of rotatable bonds is 9. The van der Waals surface area contributed by atoms with E-state index in [-0.39, 0.29) is 22.9 Å². The molecular weight excluding hydrogens is 651 g/mol. The Bertz CT molecular complexity index is 1950. The van der Waals surface area contributed by atoms with Crippen LogP contribution in [0, 0.1) is 11.2 Å². The second-order valence-electron chi connectivity index (χ2n) is 14.8. The van der Waals surface area contributed by atoms with Crippen LogP contribution in [0.3, 0.4) is 0 Å². The van der Waals surface area contributed by atoms with Crippen molar-refractivity contribution in [3.8, 4) is 11.8 Å². The molecule has 13 heteroatoms. The standard InChI is InChI=1S/C38H47FN8O4/c1-4-28-30(39)7-6-25-18-27(48)20-33(34(25)28)45-13-8-29-32(22-45)40-37(51-24-38(9-10-38)23-43(2)3)41-35(29)46-11-5-12-47-26(21-46)19-31(42-47)36(49)44-14-16-50-17-15-44/h6-7,18-20,48H,4-5,8-17,21-24H2,1-3H3. The van der Waals surface area contributed by atoms with E-state index in [1.807, 2.05) is 22.6 Å². The highest BCUT2D eigenvalue weighted by Gasteiger charge is 2.44. The molecule has 4 aromatic rings. The minimum absolute atomic E-state index is 0.0575. The fraction of sp³-hybridized carbons (Fsp3) is 0.526. The Morgan fingerprint density at radius 2 is 1.86 bits per heavy atom. The number of morpholine rings is 1. The zero-order valence-corrected chi connectivity index (χ0v) is 29.8. The fourth-order valence-corrected chi connectivity index (χ4v) is 8.08. The van der Waals surface area contributed by atoms with Gasteiger partial charge in [-0.15, -0.1) is 0 Å². The van der Waals surface area contributed by atoms with Crippen molar-refractivity contribution in [2.75, 3.05) is 76.4 Å². The summed E-state index contributed by atoms with van der Waals surface area (Å²) in [5, 5.41) is 17.1. The van der Waals surface area contributed by atoms with Crippen molar-refractivity contribution in [1.29, 1.82) is 0 Å². The largest absolute Gasteiger partial charge is 0.508 e. The molecule has 2 fully saturated rings. The Morgan fingerprint density at radius 3 is 2.63 bits per heavy atom. The average molecular weight is 699 g/mol. The van der Waals surface area contributed by atoms with Crippen molar-refractivity contribution < 1.29 is 23.8 Å². The van der Waals surface area contributed by atoms with Gasteiger partial charge in [-0.1, -0.05) is 13.0 Å². The molecular formula is C38H47FN8O4. The Morgan fingerprint density at radius 1 is 1.04 bits per heavy atom. The molecule has 12 nitrogen and oxygen atoms in total. The lowest BCUT2D eigenvalue weighted by Crippen LogP contribution is -2.40. The molecule has 0 unspecified atom stereocenters. The van der Waals surface area contributed by atoms with Crippen molar-refractivity contribution >= 4 is 28.2 Å². The molecule has 8 rings (SSSR count). The molecule has 1 N–H and O–H groups in total. The number of aromatic hydroxyl groups is 1. The number of amides is 1. The van der Waals surface area contributed by atoms with Gasteiger partial charge in [0.15, 0.2) is 5.69 Å². The van der Waals surface area contributed by atoms with Crippen LogP contribution in [0.2, 0.25) is 0 Å². The molecule has 1 saturated carbocycles. The number of fused-ring (bicyclic) bond motifs is 3. The number of ether oxygens (including phenoxy) is 2. The van der Waals surface area contributed by atoms with Gasteiger partial charge in [0.1, 0.15) is 17.4 Å². The highest BCUT2D eigenvalue weighted by molar-refractivity contribution is 5.98. The van der Waals surface area contributed by atoms with E-state index in [1.54, 1.807) is 18.2 Å². The van der Waals surface area contributed by atoms with Crippen LogP contribution in [0.1, 0.15) is 59.2 Å². The molecule has 270 valence electrons. The SMILES string of the molecule is CCc1c(F)ccc2cc(O)cc(N3CCc4c(nc(OCC5(CN(C)C)CC5)nc4N4CCCn5nc(C(=O)N6CCOCC6)cc5C4)C3)c12. The molecule has 5 heterocycles. The predicted molar refractivity (Wildman–Crippen MR) is 192 cm³/mol. The van der Waals surface area contributed by atoms with Gasteiger partial charge >= 0.3 is 6.01 Å². The second kappa shape index (κ2) is 13.6. The number of carbonyl (C=O) groups is 1. The van der Waals surface area contributed by atoms with E-state index < -0.39 is 0 Å². The summed E-state index contributed by atoms with van der Waals surface area (Å²) in [6.07, 6.45) is 4.27. The van der Waals surface area contributed by atoms with Crippen LogP contribution in [0.25, 0.3) is 10.8 Å². The molecule has 3 aliphatic heterocycles. The molecule has 0 bridgehead atoms. The third-order valence-corrected chi connectivity index (χ3v) is 10.8. The van der Waals surface area contributed by atoms with Crippen molar-refractivity contribution in [2.45, 2.75) is 58.7 Å². The number of carbonyl (C=O) groups excluding carboxylic acids is 1. The summed E-state index contributed by atoms with van der Waals surface area (Å²) in [6.45, 7) is 8.83. The second-order valence-corrected chi connectivity index (χ2v) is 14.8. The van der Waals surface area contributed by atoms with E-state index in [0.717, 1.165) is 71.6 Å². The number of phenolic OH excluding ortho intramolecular Hbond substituents is 1. The van der Waals surface area contributed by atoms with Crippen LogP contribution in [-0.2, 0) is 37.2 Å². The van der Waals surface area contributed by atoms with Gasteiger partial charge in [-0.2, -0.15) is 15.1 Å². The van der Waals surface area contributed by atoms with Crippen LogP contribution in [-0.4, -0.2) is 107 Å². The first kappa shape index (κ1) is 33.6. The average Bonchev–Trinajstić information content (AvgIpc) is 3.83. The lowest BCUT2D eigenvalue weighted by atomic mass is 9.97. The monoisotopic (exact) mass is 698 g/mol. The summed E-state index contributed by atoms with van der Waals surface area (Å²) in [7, 11) is 4.18. The van der Waals surface area contributed by atoms with Gasteiger partial charge in [-0.25, -0.2) is 4.39 Å². The van der Waals surface area contributed by atoms with Crippen LogP contribution in [0.5, 0.6) is 11.8 Å². The third-order valence-electron chi connectivity index (χ3n) is 10.8. The number of hydrogen-bond donors (Lipinski definition) is 1. The Balaban J connectivity index is 1.14. The molecule has 1 amide bonds. The van der Waals surface area contributed by atoms with Gasteiger partial charge in [-0.3, -0.25) is 9.48 Å². The van der Waals surface area contributed by atoms with Crippen LogP contribution < -0.4 is 14.5 Å². The number of hydrogen-bond acceptors (Lipinski definition) is 10. The van der Waals surface area contributed by atoms with E-state index in [2.05, 4.69) is 28.8 Å². The Hall–Kier alpha value is -4.49. The van der Waals surface area contributed by atoms with Gasteiger partial charge in [0, 0.05) is 67.4 Å². The number of aromatic nitrogens is 4. The van der Waals surface area contributed by atoms with Crippen LogP contribution in [0.4, 0.5) is 15.9 Å². The first-order valence-electron chi connectivity index (χ1n) is 18.3. The van der Waals surface area contributed by atoms with E-state index in [1.165, 1.54) is 6.07 Å². The van der Waals surface area contributed by atoms with Crippen LogP contribution >= 0.6 is 0 Å². The number of phenols is 1.